The first-order valence-electron chi connectivity index (χ1n) is 20.3. The molecule has 6 aromatic rings. The predicted octanol–water partition coefficient (Wildman–Crippen LogP) is 14.1. The molecule has 53 heavy (non-hydrogen) atoms. The molecule has 2 saturated carbocycles. The van der Waals surface area contributed by atoms with E-state index >= 15 is 0 Å². The molecule has 0 heterocycles. The number of hydrogen-bond donors (Lipinski definition) is 0. The number of rotatable bonds is 4. The molecule has 5 aliphatic carbocycles. The van der Waals surface area contributed by atoms with Crippen molar-refractivity contribution < 1.29 is 0 Å². The molecule has 0 amide bonds. The van der Waals surface area contributed by atoms with Crippen molar-refractivity contribution in [3.63, 3.8) is 0 Å². The fourth-order valence-electron chi connectivity index (χ4n) is 11.4. The smallest absolute Gasteiger partial charge is 0.0215 e. The van der Waals surface area contributed by atoms with E-state index in [1.165, 1.54) is 142 Å². The molecule has 0 radical (unpaired) electrons. The maximum absolute atomic E-state index is 2.49. The van der Waals surface area contributed by atoms with Gasteiger partial charge >= 0.3 is 0 Å². The Balaban J connectivity index is 0.841. The third-order valence-electron chi connectivity index (χ3n) is 13.9. The van der Waals surface area contributed by atoms with Gasteiger partial charge in [-0.05, 0) is 133 Å². The molecule has 2 spiro atoms. The van der Waals surface area contributed by atoms with Crippen LogP contribution in [0.2, 0.25) is 0 Å². The number of hydrogen-bond acceptors (Lipinski definition) is 0. The van der Waals surface area contributed by atoms with E-state index < -0.39 is 0 Å². The number of benzene rings is 6. The molecular formula is C53H46. The molecule has 0 N–H and O–H groups in total. The van der Waals surface area contributed by atoms with Crippen molar-refractivity contribution in [3.05, 3.63) is 178 Å². The highest BCUT2D eigenvalue weighted by molar-refractivity contribution is 5.96. The summed E-state index contributed by atoms with van der Waals surface area (Å²) >= 11 is 0. The zero-order valence-electron chi connectivity index (χ0n) is 30.6. The van der Waals surface area contributed by atoms with Gasteiger partial charge in [0.05, 0.1) is 0 Å². The maximum Gasteiger partial charge on any atom is 0.0215 e. The van der Waals surface area contributed by atoms with Crippen LogP contribution in [-0.2, 0) is 17.3 Å². The van der Waals surface area contributed by atoms with E-state index in [1.807, 2.05) is 0 Å². The van der Waals surface area contributed by atoms with Crippen LogP contribution >= 0.6 is 0 Å². The second-order valence-corrected chi connectivity index (χ2v) is 16.7. The van der Waals surface area contributed by atoms with Crippen LogP contribution in [0.3, 0.4) is 0 Å². The summed E-state index contributed by atoms with van der Waals surface area (Å²) in [5.74, 6) is 0. The van der Waals surface area contributed by atoms with Gasteiger partial charge in [0.1, 0.15) is 0 Å². The lowest BCUT2D eigenvalue weighted by molar-refractivity contribution is 0.372. The summed E-state index contributed by atoms with van der Waals surface area (Å²) in [6, 6.07) is 51.5. The van der Waals surface area contributed by atoms with E-state index in [2.05, 4.69) is 146 Å². The van der Waals surface area contributed by atoms with Gasteiger partial charge < -0.3 is 0 Å². The van der Waals surface area contributed by atoms with Crippen LogP contribution in [0.1, 0.15) is 109 Å². The quantitative estimate of drug-likeness (QED) is 0.173. The lowest BCUT2D eigenvalue weighted by Crippen LogP contribution is -2.28. The van der Waals surface area contributed by atoms with Crippen LogP contribution in [0.25, 0.3) is 56.7 Å². The van der Waals surface area contributed by atoms with Gasteiger partial charge in [0.25, 0.3) is 0 Å². The lowest BCUT2D eigenvalue weighted by atomic mass is 9.65. The normalized spacial score (nSPS) is 18.6. The van der Waals surface area contributed by atoms with E-state index in [-0.39, 0.29) is 10.8 Å². The molecule has 0 heteroatoms. The second-order valence-electron chi connectivity index (χ2n) is 16.7. The molecule has 0 bridgehead atoms. The van der Waals surface area contributed by atoms with E-state index in [0.717, 1.165) is 6.42 Å². The van der Waals surface area contributed by atoms with Crippen molar-refractivity contribution in [2.75, 3.05) is 0 Å². The molecule has 258 valence electrons. The molecular weight excluding hydrogens is 637 g/mol. The minimum Gasteiger partial charge on any atom is -0.0619 e. The van der Waals surface area contributed by atoms with Crippen molar-refractivity contribution in [1.82, 2.24) is 0 Å². The highest BCUT2D eigenvalue weighted by Gasteiger charge is 2.43. The summed E-state index contributed by atoms with van der Waals surface area (Å²) in [7, 11) is 0. The first-order chi connectivity index (χ1) is 26.2. The fraction of sp³-hybridized carbons (Fsp3) is 0.245. The minimum atomic E-state index is 0.189. The molecule has 0 aliphatic heterocycles. The van der Waals surface area contributed by atoms with Crippen LogP contribution in [0.4, 0.5) is 0 Å². The number of allylic oxidation sites excluding steroid dienone is 2. The Morgan fingerprint density at radius 2 is 0.717 bits per heavy atom. The molecule has 2 fully saturated rings. The van der Waals surface area contributed by atoms with Gasteiger partial charge in [0.15, 0.2) is 0 Å². The molecule has 0 saturated heterocycles. The Kier molecular flexibility index (Phi) is 7.20. The van der Waals surface area contributed by atoms with Crippen molar-refractivity contribution in [3.8, 4) is 33.4 Å². The summed E-state index contributed by atoms with van der Waals surface area (Å²) in [4.78, 5) is 0. The van der Waals surface area contributed by atoms with Gasteiger partial charge in [-0.3, -0.25) is 0 Å². The molecule has 0 aromatic heterocycles. The fourth-order valence-corrected chi connectivity index (χ4v) is 11.4. The maximum atomic E-state index is 2.49. The average molecular weight is 683 g/mol. The first kappa shape index (κ1) is 31.3. The number of fused-ring (bicyclic) bond motifs is 7. The largest absolute Gasteiger partial charge is 0.0619 e. The van der Waals surface area contributed by atoms with Crippen molar-refractivity contribution >= 4 is 23.3 Å². The Morgan fingerprint density at radius 1 is 0.340 bits per heavy atom. The van der Waals surface area contributed by atoms with Crippen molar-refractivity contribution in [2.24, 2.45) is 0 Å². The van der Waals surface area contributed by atoms with Gasteiger partial charge in [-0.15, -0.1) is 0 Å². The molecule has 6 aromatic carbocycles. The van der Waals surface area contributed by atoms with E-state index in [4.69, 9.17) is 0 Å². The topological polar surface area (TPSA) is 0 Å². The third kappa shape index (κ3) is 4.88. The SMILES string of the molecule is C1=C(c2ccc(-c3ccc4c(c3)Cc3cc(-c5ccc(C6=Cc7ccccc7C67CCCCC7)cc5)ccc3-4)cc2)C2(CCCCC2)c2ccccc21. The van der Waals surface area contributed by atoms with E-state index in [0.29, 0.717) is 0 Å². The van der Waals surface area contributed by atoms with Gasteiger partial charge in [-0.25, -0.2) is 0 Å². The Morgan fingerprint density at radius 3 is 1.15 bits per heavy atom. The highest BCUT2D eigenvalue weighted by atomic mass is 14.5. The zero-order chi connectivity index (χ0) is 35.0. The molecule has 5 aliphatic rings. The summed E-state index contributed by atoms with van der Waals surface area (Å²) in [6.07, 6.45) is 19.1. The third-order valence-corrected chi connectivity index (χ3v) is 13.9. The van der Waals surface area contributed by atoms with Crippen LogP contribution in [0.5, 0.6) is 0 Å². The predicted molar refractivity (Wildman–Crippen MR) is 224 cm³/mol. The summed E-state index contributed by atoms with van der Waals surface area (Å²) in [6.45, 7) is 0. The average Bonchev–Trinajstić information content (AvgIpc) is 3.86. The summed E-state index contributed by atoms with van der Waals surface area (Å²) in [5, 5.41) is 0. The molecule has 11 rings (SSSR count). The van der Waals surface area contributed by atoms with Crippen molar-refractivity contribution in [1.29, 1.82) is 0 Å². The molecule has 0 atom stereocenters. The van der Waals surface area contributed by atoms with E-state index in [9.17, 15) is 0 Å². The van der Waals surface area contributed by atoms with Crippen LogP contribution in [0.15, 0.2) is 133 Å². The second kappa shape index (κ2) is 12.2. The van der Waals surface area contributed by atoms with Crippen LogP contribution in [-0.4, -0.2) is 0 Å². The Hall–Kier alpha value is -5.20. The standard InChI is InChI=1S/C53H46/c1-7-27-52(28-8-1)48-13-5-3-11-42(48)34-50(52)38-19-15-36(16-20-38)40-23-25-46-44(31-40)33-45-32-41(24-26-47(45)46)37-17-21-39(22-18-37)51-35-43-12-4-6-14-49(43)53(51)29-9-2-10-30-53/h3-6,11-26,31-32,34-35H,1-2,7-10,27-30,33H2. The zero-order valence-corrected chi connectivity index (χ0v) is 30.6. The lowest BCUT2D eigenvalue weighted by Gasteiger charge is -2.38. The van der Waals surface area contributed by atoms with Gasteiger partial charge in [-0.2, -0.15) is 0 Å². The molecule has 0 nitrogen and oxygen atoms in total. The Labute approximate surface area is 315 Å². The van der Waals surface area contributed by atoms with Crippen LogP contribution in [0, 0.1) is 0 Å². The summed E-state index contributed by atoms with van der Waals surface area (Å²) in [5.41, 5.74) is 23.1. The minimum absolute atomic E-state index is 0.189. The molecule has 0 unspecified atom stereocenters. The van der Waals surface area contributed by atoms with Gasteiger partial charge in [0, 0.05) is 10.8 Å². The highest BCUT2D eigenvalue weighted by Crippen LogP contribution is 2.56. The monoisotopic (exact) mass is 682 g/mol. The first-order valence-corrected chi connectivity index (χ1v) is 20.3. The van der Waals surface area contributed by atoms with E-state index in [1.54, 1.807) is 11.1 Å². The van der Waals surface area contributed by atoms with Gasteiger partial charge in [-0.1, -0.05) is 172 Å². The summed E-state index contributed by atoms with van der Waals surface area (Å²) < 4.78 is 0. The van der Waals surface area contributed by atoms with Gasteiger partial charge in [0.2, 0.25) is 0 Å². The van der Waals surface area contributed by atoms with Crippen molar-refractivity contribution in [2.45, 2.75) is 81.5 Å². The van der Waals surface area contributed by atoms with Crippen LogP contribution < -0.4 is 0 Å². The Bertz CT molecular complexity index is 2280.